The maximum absolute atomic E-state index is 5.84. The molecule has 0 aromatic rings. The monoisotopic (exact) mass is 353 g/mol. The van der Waals surface area contributed by atoms with Gasteiger partial charge in [-0.3, -0.25) is 4.99 Å². The highest BCUT2D eigenvalue weighted by molar-refractivity contribution is 14.0. The number of nitrogens with two attached hydrogens (primary N) is 1. The highest BCUT2D eigenvalue weighted by atomic mass is 127. The molecule has 0 bridgehead atoms. The lowest BCUT2D eigenvalue weighted by Crippen LogP contribution is -2.37. The van der Waals surface area contributed by atoms with Crippen LogP contribution < -0.4 is 11.1 Å². The number of guanidine groups is 1. The summed E-state index contributed by atoms with van der Waals surface area (Å²) in [6.07, 6.45) is 6.40. The van der Waals surface area contributed by atoms with Gasteiger partial charge >= 0.3 is 0 Å². The van der Waals surface area contributed by atoms with Crippen LogP contribution in [0.3, 0.4) is 0 Å². The summed E-state index contributed by atoms with van der Waals surface area (Å²) in [5.74, 6) is 1.34. The van der Waals surface area contributed by atoms with E-state index in [9.17, 15) is 0 Å². The third kappa shape index (κ3) is 5.93. The van der Waals surface area contributed by atoms with E-state index in [1.54, 1.807) is 0 Å². The Labute approximate surface area is 123 Å². The van der Waals surface area contributed by atoms with E-state index >= 15 is 0 Å². The molecule has 17 heavy (non-hydrogen) atoms. The van der Waals surface area contributed by atoms with Gasteiger partial charge in [0.15, 0.2) is 5.96 Å². The van der Waals surface area contributed by atoms with Gasteiger partial charge < -0.3 is 11.1 Å². The van der Waals surface area contributed by atoms with Gasteiger partial charge in [-0.15, -0.1) is 24.0 Å². The zero-order valence-electron chi connectivity index (χ0n) is 11.5. The first-order chi connectivity index (χ1) is 7.58. The van der Waals surface area contributed by atoms with Crippen LogP contribution in [0, 0.1) is 11.3 Å². The van der Waals surface area contributed by atoms with Gasteiger partial charge in [0.1, 0.15) is 0 Å². The van der Waals surface area contributed by atoms with Crippen LogP contribution in [-0.2, 0) is 0 Å². The predicted octanol–water partition coefficient (Wildman–Crippen LogP) is 3.14. The number of rotatable bonds is 6. The van der Waals surface area contributed by atoms with Gasteiger partial charge in [-0.2, -0.15) is 0 Å². The molecular formula is C13H28IN3. The summed E-state index contributed by atoms with van der Waals surface area (Å²) in [5, 5.41) is 3.19. The quantitative estimate of drug-likeness (QED) is 0.438. The van der Waals surface area contributed by atoms with Crippen LogP contribution in [0.4, 0.5) is 0 Å². The summed E-state index contributed by atoms with van der Waals surface area (Å²) in [6.45, 7) is 8.54. The Morgan fingerprint density at radius 3 is 2.47 bits per heavy atom. The Balaban J connectivity index is 0.00000256. The van der Waals surface area contributed by atoms with E-state index in [1.165, 1.54) is 25.7 Å². The fourth-order valence-corrected chi connectivity index (χ4v) is 2.10. The third-order valence-corrected chi connectivity index (χ3v) is 3.78. The van der Waals surface area contributed by atoms with E-state index in [2.05, 4.69) is 31.1 Å². The van der Waals surface area contributed by atoms with Crippen molar-refractivity contribution in [2.75, 3.05) is 13.1 Å². The molecule has 1 saturated carbocycles. The minimum absolute atomic E-state index is 0. The van der Waals surface area contributed by atoms with Gasteiger partial charge in [0.25, 0.3) is 0 Å². The molecular weight excluding hydrogens is 325 g/mol. The molecule has 1 fully saturated rings. The van der Waals surface area contributed by atoms with E-state index in [0.29, 0.717) is 17.3 Å². The largest absolute Gasteiger partial charge is 0.370 e. The molecule has 0 aromatic carbocycles. The second-order valence-electron chi connectivity index (χ2n) is 5.52. The first-order valence-electron chi connectivity index (χ1n) is 6.62. The second kappa shape index (κ2) is 8.16. The molecule has 0 spiro atoms. The molecule has 3 nitrogen and oxygen atoms in total. The Morgan fingerprint density at radius 1 is 1.41 bits per heavy atom. The number of halogens is 1. The Morgan fingerprint density at radius 2 is 2.06 bits per heavy atom. The number of hydrogen-bond acceptors (Lipinski definition) is 1. The summed E-state index contributed by atoms with van der Waals surface area (Å²) in [6, 6.07) is 0. The third-order valence-electron chi connectivity index (χ3n) is 3.78. The molecule has 0 aromatic heterocycles. The normalized spacial score (nSPS) is 18.5. The van der Waals surface area contributed by atoms with E-state index in [0.717, 1.165) is 19.5 Å². The minimum atomic E-state index is 0. The fourth-order valence-electron chi connectivity index (χ4n) is 2.10. The summed E-state index contributed by atoms with van der Waals surface area (Å²) in [4.78, 5) is 4.47. The Kier molecular flexibility index (Phi) is 8.16. The highest BCUT2D eigenvalue weighted by Gasteiger charge is 2.34. The van der Waals surface area contributed by atoms with Crippen molar-refractivity contribution in [2.24, 2.45) is 22.1 Å². The number of nitrogens with one attached hydrogen (secondary N) is 1. The van der Waals surface area contributed by atoms with Gasteiger partial charge in [0.05, 0.1) is 0 Å². The summed E-state index contributed by atoms with van der Waals surface area (Å²) < 4.78 is 0. The van der Waals surface area contributed by atoms with Gasteiger partial charge in [0.2, 0.25) is 0 Å². The summed E-state index contributed by atoms with van der Waals surface area (Å²) in [7, 11) is 0. The number of nitrogens with zero attached hydrogens (tertiary/aromatic N) is 1. The van der Waals surface area contributed by atoms with Gasteiger partial charge in [-0.25, -0.2) is 0 Å². The van der Waals surface area contributed by atoms with Crippen molar-refractivity contribution < 1.29 is 0 Å². The molecule has 102 valence electrons. The molecule has 0 unspecified atom stereocenters. The first-order valence-corrected chi connectivity index (χ1v) is 6.62. The Bertz CT molecular complexity index is 229. The lowest BCUT2D eigenvalue weighted by molar-refractivity contribution is 0.139. The average Bonchev–Trinajstić information content (AvgIpc) is 2.16. The number of hydrogen-bond donors (Lipinski definition) is 2. The topological polar surface area (TPSA) is 50.4 Å². The van der Waals surface area contributed by atoms with Crippen LogP contribution >= 0.6 is 24.0 Å². The predicted molar refractivity (Wildman–Crippen MR) is 85.9 cm³/mol. The minimum Gasteiger partial charge on any atom is -0.370 e. The van der Waals surface area contributed by atoms with E-state index in [1.807, 2.05) is 0 Å². The maximum atomic E-state index is 5.84. The summed E-state index contributed by atoms with van der Waals surface area (Å²) in [5.41, 5.74) is 6.32. The van der Waals surface area contributed by atoms with Crippen LogP contribution in [0.25, 0.3) is 0 Å². The van der Waals surface area contributed by atoms with Gasteiger partial charge in [-0.05, 0) is 37.0 Å². The SMILES string of the molecule is CCC1(CN=C(N)NCCC(C)C)CCC1.I. The van der Waals surface area contributed by atoms with Crippen molar-refractivity contribution in [1.29, 1.82) is 0 Å². The van der Waals surface area contributed by atoms with E-state index in [4.69, 9.17) is 5.73 Å². The maximum Gasteiger partial charge on any atom is 0.188 e. The molecule has 0 saturated heterocycles. The van der Waals surface area contributed by atoms with Crippen molar-refractivity contribution in [3.8, 4) is 0 Å². The Hall–Kier alpha value is 0. The molecule has 1 rings (SSSR count). The van der Waals surface area contributed by atoms with Gasteiger partial charge in [0, 0.05) is 13.1 Å². The van der Waals surface area contributed by atoms with Gasteiger partial charge in [-0.1, -0.05) is 27.2 Å². The van der Waals surface area contributed by atoms with Crippen LogP contribution in [0.5, 0.6) is 0 Å². The van der Waals surface area contributed by atoms with Crippen LogP contribution in [0.1, 0.15) is 52.9 Å². The van der Waals surface area contributed by atoms with Crippen molar-refractivity contribution in [2.45, 2.75) is 52.9 Å². The van der Waals surface area contributed by atoms with Crippen molar-refractivity contribution in [1.82, 2.24) is 5.32 Å². The van der Waals surface area contributed by atoms with E-state index in [-0.39, 0.29) is 24.0 Å². The molecule has 1 aliphatic rings. The highest BCUT2D eigenvalue weighted by Crippen LogP contribution is 2.43. The van der Waals surface area contributed by atoms with Crippen molar-refractivity contribution in [3.05, 3.63) is 0 Å². The zero-order valence-corrected chi connectivity index (χ0v) is 13.8. The standard InChI is InChI=1S/C13H27N3.HI/c1-4-13(7-5-8-13)10-16-12(14)15-9-6-11(2)3;/h11H,4-10H2,1-3H3,(H3,14,15,16);1H. The summed E-state index contributed by atoms with van der Waals surface area (Å²) >= 11 is 0. The average molecular weight is 353 g/mol. The van der Waals surface area contributed by atoms with Crippen LogP contribution in [0.2, 0.25) is 0 Å². The molecule has 0 aliphatic heterocycles. The molecule has 4 heteroatoms. The van der Waals surface area contributed by atoms with E-state index < -0.39 is 0 Å². The zero-order chi connectivity index (χ0) is 12.0. The molecule has 1 aliphatic carbocycles. The molecule has 0 heterocycles. The number of aliphatic imine (C=N–C) groups is 1. The molecule has 0 amide bonds. The molecule has 0 atom stereocenters. The fraction of sp³-hybridized carbons (Fsp3) is 0.923. The lowest BCUT2D eigenvalue weighted by Gasteiger charge is -2.40. The first kappa shape index (κ1) is 17.0. The molecule has 3 N–H and O–H groups in total. The van der Waals surface area contributed by atoms with Crippen LogP contribution in [-0.4, -0.2) is 19.0 Å². The van der Waals surface area contributed by atoms with Crippen LogP contribution in [0.15, 0.2) is 4.99 Å². The van der Waals surface area contributed by atoms with Crippen molar-refractivity contribution >= 4 is 29.9 Å². The smallest absolute Gasteiger partial charge is 0.188 e. The molecule has 0 radical (unpaired) electrons. The van der Waals surface area contributed by atoms with Crippen molar-refractivity contribution in [3.63, 3.8) is 0 Å². The second-order valence-corrected chi connectivity index (χ2v) is 5.52. The lowest BCUT2D eigenvalue weighted by atomic mass is 9.67.